The van der Waals surface area contributed by atoms with Crippen LogP contribution in [0, 0.1) is 5.41 Å². The van der Waals surface area contributed by atoms with E-state index >= 15 is 0 Å². The van der Waals surface area contributed by atoms with Crippen LogP contribution in [0.3, 0.4) is 0 Å². The van der Waals surface area contributed by atoms with Gasteiger partial charge in [0.25, 0.3) is 5.91 Å². The molecule has 2 N–H and O–H groups in total. The van der Waals surface area contributed by atoms with E-state index in [0.29, 0.717) is 24.0 Å². The first kappa shape index (κ1) is 16.7. The lowest BCUT2D eigenvalue weighted by molar-refractivity contribution is 0.0916. The summed E-state index contributed by atoms with van der Waals surface area (Å²) in [5, 5.41) is 6.10. The topological polar surface area (TPSA) is 63.2 Å². The van der Waals surface area contributed by atoms with Gasteiger partial charge in [-0.2, -0.15) is 0 Å². The summed E-state index contributed by atoms with van der Waals surface area (Å²) in [4.78, 5) is 16.3. The van der Waals surface area contributed by atoms with E-state index < -0.39 is 0 Å². The Balaban J connectivity index is 2.67. The predicted molar refractivity (Wildman–Crippen MR) is 81.4 cm³/mol. The lowest BCUT2D eigenvalue weighted by Crippen LogP contribution is -2.35. The van der Waals surface area contributed by atoms with Crippen molar-refractivity contribution in [3.63, 3.8) is 0 Å². The largest absolute Gasteiger partial charge is 0.385 e. The Bertz CT molecular complexity index is 464. The molecule has 0 aliphatic carbocycles. The van der Waals surface area contributed by atoms with Crippen LogP contribution in [0.5, 0.6) is 0 Å². The molecule has 1 rings (SSSR count). The first-order valence-corrected chi connectivity index (χ1v) is 6.89. The number of pyridine rings is 1. The lowest BCUT2D eigenvalue weighted by atomic mass is 9.89. The Hall–Kier alpha value is -1.33. The maximum Gasteiger partial charge on any atom is 0.271 e. The first-order chi connectivity index (χ1) is 9.39. The third-order valence-corrected chi connectivity index (χ3v) is 3.33. The lowest BCUT2D eigenvalue weighted by Gasteiger charge is -2.24. The van der Waals surface area contributed by atoms with Crippen molar-refractivity contribution in [2.45, 2.75) is 20.3 Å². The number of hydrogen-bond donors (Lipinski definition) is 2. The van der Waals surface area contributed by atoms with Crippen molar-refractivity contribution >= 4 is 23.3 Å². The van der Waals surface area contributed by atoms with E-state index in [9.17, 15) is 4.79 Å². The van der Waals surface area contributed by atoms with Crippen molar-refractivity contribution in [2.24, 2.45) is 5.41 Å². The smallest absolute Gasteiger partial charge is 0.271 e. The highest BCUT2D eigenvalue weighted by molar-refractivity contribution is 6.33. The molecule has 1 aromatic rings. The second-order valence-electron chi connectivity index (χ2n) is 5.37. The summed E-state index contributed by atoms with van der Waals surface area (Å²) in [6.45, 7) is 5.35. The number of hydrogen-bond acceptors (Lipinski definition) is 4. The van der Waals surface area contributed by atoms with Gasteiger partial charge in [-0.25, -0.2) is 4.98 Å². The van der Waals surface area contributed by atoms with Crippen molar-refractivity contribution in [3.8, 4) is 0 Å². The van der Waals surface area contributed by atoms with Crippen LogP contribution in [0.15, 0.2) is 12.1 Å². The summed E-state index contributed by atoms with van der Waals surface area (Å²) >= 11 is 6.01. The molecule has 6 heteroatoms. The Labute approximate surface area is 125 Å². The molecule has 0 aliphatic rings. The first-order valence-electron chi connectivity index (χ1n) is 6.51. The average molecular weight is 300 g/mol. The number of amides is 1. The highest BCUT2D eigenvalue weighted by Gasteiger charge is 2.20. The molecule has 0 aliphatic heterocycles. The van der Waals surface area contributed by atoms with Gasteiger partial charge in [0.05, 0.1) is 5.02 Å². The molecule has 1 heterocycles. The fourth-order valence-corrected chi connectivity index (χ4v) is 1.80. The second-order valence-corrected chi connectivity index (χ2v) is 5.77. The van der Waals surface area contributed by atoms with E-state index in [1.807, 2.05) is 0 Å². The monoisotopic (exact) mass is 299 g/mol. The van der Waals surface area contributed by atoms with Crippen LogP contribution in [0.25, 0.3) is 0 Å². The molecular weight excluding hydrogens is 278 g/mol. The molecule has 0 atom stereocenters. The quantitative estimate of drug-likeness (QED) is 0.812. The number of aromatic nitrogens is 1. The van der Waals surface area contributed by atoms with Gasteiger partial charge in [0, 0.05) is 27.3 Å². The molecule has 0 saturated carbocycles. The SMILES string of the molecule is CNc1ccc(Cl)c(C(=O)NCC(C)(C)CCOC)n1. The van der Waals surface area contributed by atoms with Crippen LogP contribution < -0.4 is 10.6 Å². The minimum Gasteiger partial charge on any atom is -0.385 e. The fraction of sp³-hybridized carbons (Fsp3) is 0.571. The Morgan fingerprint density at radius 3 is 2.75 bits per heavy atom. The molecule has 0 aromatic carbocycles. The molecule has 1 amide bonds. The summed E-state index contributed by atoms with van der Waals surface area (Å²) in [6.07, 6.45) is 0.863. The molecular formula is C14H22ClN3O2. The zero-order valence-corrected chi connectivity index (χ0v) is 13.2. The highest BCUT2D eigenvalue weighted by Crippen LogP contribution is 2.20. The number of anilines is 1. The van der Waals surface area contributed by atoms with E-state index in [0.717, 1.165) is 6.42 Å². The number of nitrogens with one attached hydrogen (secondary N) is 2. The second kappa shape index (κ2) is 7.45. The van der Waals surface area contributed by atoms with Crippen molar-refractivity contribution in [1.29, 1.82) is 0 Å². The number of methoxy groups -OCH3 is 1. The molecule has 0 bridgehead atoms. The minimum atomic E-state index is -0.266. The van der Waals surface area contributed by atoms with E-state index in [1.54, 1.807) is 26.3 Å². The van der Waals surface area contributed by atoms with Gasteiger partial charge >= 0.3 is 0 Å². The molecule has 0 saturated heterocycles. The molecule has 0 radical (unpaired) electrons. The zero-order valence-electron chi connectivity index (χ0n) is 12.4. The van der Waals surface area contributed by atoms with Gasteiger partial charge in [-0.05, 0) is 24.0 Å². The Morgan fingerprint density at radius 1 is 1.45 bits per heavy atom. The van der Waals surface area contributed by atoms with Gasteiger partial charge in [-0.3, -0.25) is 4.79 Å². The molecule has 0 spiro atoms. The van der Waals surface area contributed by atoms with Crippen LogP contribution in [0.2, 0.25) is 5.02 Å². The average Bonchev–Trinajstić information content (AvgIpc) is 2.43. The number of rotatable bonds is 7. The van der Waals surface area contributed by atoms with Crippen molar-refractivity contribution in [1.82, 2.24) is 10.3 Å². The van der Waals surface area contributed by atoms with Crippen LogP contribution >= 0.6 is 11.6 Å². The molecule has 112 valence electrons. The Kier molecular flexibility index (Phi) is 6.23. The summed E-state index contributed by atoms with van der Waals surface area (Å²) in [7, 11) is 3.41. The number of carbonyl (C=O) groups is 1. The van der Waals surface area contributed by atoms with Crippen LogP contribution in [-0.4, -0.2) is 38.2 Å². The van der Waals surface area contributed by atoms with Crippen molar-refractivity contribution in [2.75, 3.05) is 32.6 Å². The zero-order chi connectivity index (χ0) is 15.2. The minimum absolute atomic E-state index is 0.0429. The summed E-state index contributed by atoms with van der Waals surface area (Å²) in [6, 6.07) is 3.38. The summed E-state index contributed by atoms with van der Waals surface area (Å²) < 4.78 is 5.06. The van der Waals surface area contributed by atoms with Gasteiger partial charge in [0.1, 0.15) is 11.5 Å². The third-order valence-electron chi connectivity index (χ3n) is 3.03. The predicted octanol–water partition coefficient (Wildman–Crippen LogP) is 2.57. The van der Waals surface area contributed by atoms with E-state index in [1.165, 1.54) is 0 Å². The Morgan fingerprint density at radius 2 is 2.15 bits per heavy atom. The van der Waals surface area contributed by atoms with Crippen LogP contribution in [-0.2, 0) is 4.74 Å². The van der Waals surface area contributed by atoms with Crippen molar-refractivity contribution < 1.29 is 9.53 Å². The molecule has 1 aromatic heterocycles. The van der Waals surface area contributed by atoms with Crippen molar-refractivity contribution in [3.05, 3.63) is 22.8 Å². The van der Waals surface area contributed by atoms with Crippen LogP contribution in [0.4, 0.5) is 5.82 Å². The van der Waals surface area contributed by atoms with Gasteiger partial charge in [-0.15, -0.1) is 0 Å². The van der Waals surface area contributed by atoms with Gasteiger partial charge < -0.3 is 15.4 Å². The van der Waals surface area contributed by atoms with E-state index in [2.05, 4.69) is 29.5 Å². The van der Waals surface area contributed by atoms with Gasteiger partial charge in [0.15, 0.2) is 0 Å². The van der Waals surface area contributed by atoms with Gasteiger partial charge in [0.2, 0.25) is 0 Å². The van der Waals surface area contributed by atoms with Crippen LogP contribution in [0.1, 0.15) is 30.8 Å². The molecule has 20 heavy (non-hydrogen) atoms. The number of nitrogens with zero attached hydrogens (tertiary/aromatic N) is 1. The molecule has 0 unspecified atom stereocenters. The standard InChI is InChI=1S/C14H22ClN3O2/c1-14(2,7-8-20-4)9-17-13(19)12-10(15)5-6-11(16-3)18-12/h5-6H,7-9H2,1-4H3,(H,16,18)(H,17,19). The molecule has 5 nitrogen and oxygen atoms in total. The third kappa shape index (κ3) is 4.98. The number of ether oxygens (including phenoxy) is 1. The maximum absolute atomic E-state index is 12.1. The summed E-state index contributed by atoms with van der Waals surface area (Å²) in [5.74, 6) is 0.343. The number of carbonyl (C=O) groups excluding carboxylic acids is 1. The number of halogens is 1. The normalized spacial score (nSPS) is 11.2. The maximum atomic E-state index is 12.1. The van der Waals surface area contributed by atoms with E-state index in [-0.39, 0.29) is 17.0 Å². The summed E-state index contributed by atoms with van der Waals surface area (Å²) in [5.41, 5.74) is 0.194. The highest BCUT2D eigenvalue weighted by atomic mass is 35.5. The molecule has 0 fully saturated rings. The van der Waals surface area contributed by atoms with E-state index in [4.69, 9.17) is 16.3 Å². The fourth-order valence-electron chi connectivity index (χ4n) is 1.61. The van der Waals surface area contributed by atoms with Gasteiger partial charge in [-0.1, -0.05) is 25.4 Å².